The number of carbonyl (C=O) groups is 1. The summed E-state index contributed by atoms with van der Waals surface area (Å²) in [5.41, 5.74) is 0.462. The van der Waals surface area contributed by atoms with E-state index in [0.29, 0.717) is 5.41 Å². The van der Waals surface area contributed by atoms with E-state index < -0.39 is 0 Å². The number of nitrogens with zero attached hydrogens (tertiary/aromatic N) is 1. The molecule has 1 aromatic rings. The van der Waals surface area contributed by atoms with Crippen molar-refractivity contribution in [3.63, 3.8) is 0 Å². The van der Waals surface area contributed by atoms with Gasteiger partial charge in [-0.05, 0) is 31.2 Å². The number of halogens is 1. The van der Waals surface area contributed by atoms with Gasteiger partial charge in [0.2, 0.25) is 0 Å². The second kappa shape index (κ2) is 6.33. The Balaban J connectivity index is 0.00000147. The normalized spacial score (nSPS) is 20.8. The van der Waals surface area contributed by atoms with Crippen LogP contribution in [0.1, 0.15) is 28.9 Å². The molecule has 1 N–H and O–H groups in total. The Morgan fingerprint density at radius 1 is 1.40 bits per heavy atom. The summed E-state index contributed by atoms with van der Waals surface area (Å²) < 4.78 is 5.14. The summed E-state index contributed by atoms with van der Waals surface area (Å²) >= 11 is 1.47. The molecular weight excluding hydrogens is 296 g/mol. The summed E-state index contributed by atoms with van der Waals surface area (Å²) in [5.74, 6) is 0.941. The van der Waals surface area contributed by atoms with Crippen LogP contribution in [-0.4, -0.2) is 44.1 Å². The Kier molecular flexibility index (Phi) is 4.94. The van der Waals surface area contributed by atoms with Gasteiger partial charge < -0.3 is 15.0 Å². The fourth-order valence-corrected chi connectivity index (χ4v) is 3.92. The van der Waals surface area contributed by atoms with E-state index in [-0.39, 0.29) is 18.3 Å². The van der Waals surface area contributed by atoms with Crippen molar-refractivity contribution in [3.8, 4) is 5.75 Å². The van der Waals surface area contributed by atoms with Crippen LogP contribution >= 0.6 is 23.7 Å². The number of rotatable bonds is 2. The zero-order valence-electron chi connectivity index (χ0n) is 11.7. The maximum Gasteiger partial charge on any atom is 0.264 e. The molecule has 0 aromatic carbocycles. The summed E-state index contributed by atoms with van der Waals surface area (Å²) in [6.45, 7) is 4.04. The van der Waals surface area contributed by atoms with Gasteiger partial charge in [-0.25, -0.2) is 0 Å². The van der Waals surface area contributed by atoms with Gasteiger partial charge in [0.1, 0.15) is 5.75 Å². The lowest BCUT2D eigenvalue weighted by Crippen LogP contribution is -2.43. The molecule has 1 amide bonds. The molecular formula is C14H21ClN2O2S. The van der Waals surface area contributed by atoms with Crippen LogP contribution in [0.3, 0.4) is 0 Å². The average Bonchev–Trinajstić information content (AvgIpc) is 3.08. The smallest absolute Gasteiger partial charge is 0.264 e. The minimum atomic E-state index is 0. The van der Waals surface area contributed by atoms with Crippen molar-refractivity contribution in [2.45, 2.75) is 19.3 Å². The topological polar surface area (TPSA) is 41.6 Å². The molecule has 0 radical (unpaired) electrons. The minimum Gasteiger partial charge on any atom is -0.496 e. The number of piperidine rings is 1. The first kappa shape index (κ1) is 15.6. The number of thiophene rings is 1. The highest BCUT2D eigenvalue weighted by Gasteiger charge is 2.38. The largest absolute Gasteiger partial charge is 0.496 e. The van der Waals surface area contributed by atoms with Crippen molar-refractivity contribution in [2.75, 3.05) is 33.3 Å². The van der Waals surface area contributed by atoms with E-state index in [1.165, 1.54) is 17.8 Å². The molecule has 3 rings (SSSR count). The van der Waals surface area contributed by atoms with E-state index in [2.05, 4.69) is 5.32 Å². The van der Waals surface area contributed by atoms with Gasteiger partial charge in [-0.2, -0.15) is 0 Å². The number of likely N-dealkylation sites (tertiary alicyclic amines) is 1. The van der Waals surface area contributed by atoms with Crippen molar-refractivity contribution in [1.29, 1.82) is 0 Å². The predicted molar refractivity (Wildman–Crippen MR) is 83.2 cm³/mol. The molecule has 0 unspecified atom stereocenters. The van der Waals surface area contributed by atoms with Crippen molar-refractivity contribution >= 4 is 29.7 Å². The minimum absolute atomic E-state index is 0. The van der Waals surface area contributed by atoms with Gasteiger partial charge in [-0.1, -0.05) is 0 Å². The fourth-order valence-electron chi connectivity index (χ4n) is 3.10. The van der Waals surface area contributed by atoms with Gasteiger partial charge in [0.15, 0.2) is 0 Å². The van der Waals surface area contributed by atoms with Crippen molar-refractivity contribution in [2.24, 2.45) is 5.41 Å². The van der Waals surface area contributed by atoms with Gasteiger partial charge in [-0.15, -0.1) is 23.7 Å². The van der Waals surface area contributed by atoms with Crippen LogP contribution in [0.15, 0.2) is 11.4 Å². The Labute approximate surface area is 129 Å². The first-order valence-corrected chi connectivity index (χ1v) is 7.73. The molecule has 1 spiro atoms. The molecule has 6 heteroatoms. The summed E-state index contributed by atoms with van der Waals surface area (Å²) in [6.07, 6.45) is 3.53. The standard InChI is InChI=1S/C14H20N2O2S.ClH/c1-18-11-8-12(19-9-11)13(17)16-6-3-14(4-7-16)2-5-15-10-14;/h8-9,15H,2-7,10H2,1H3;1H. The van der Waals surface area contributed by atoms with Gasteiger partial charge in [-0.3, -0.25) is 4.79 Å². The fraction of sp³-hybridized carbons (Fsp3) is 0.643. The van der Waals surface area contributed by atoms with Crippen LogP contribution in [0.5, 0.6) is 5.75 Å². The highest BCUT2D eigenvalue weighted by Crippen LogP contribution is 2.37. The molecule has 0 aliphatic carbocycles. The monoisotopic (exact) mass is 316 g/mol. The zero-order valence-corrected chi connectivity index (χ0v) is 13.3. The van der Waals surface area contributed by atoms with Gasteiger partial charge in [0.05, 0.1) is 12.0 Å². The van der Waals surface area contributed by atoms with E-state index in [1.54, 1.807) is 7.11 Å². The molecule has 0 bridgehead atoms. The number of methoxy groups -OCH3 is 1. The Hall–Kier alpha value is -0.780. The molecule has 20 heavy (non-hydrogen) atoms. The number of amides is 1. The second-order valence-corrected chi connectivity index (χ2v) is 6.48. The van der Waals surface area contributed by atoms with Crippen molar-refractivity contribution in [1.82, 2.24) is 10.2 Å². The molecule has 2 aliphatic heterocycles. The Morgan fingerprint density at radius 2 is 2.15 bits per heavy atom. The van der Waals surface area contributed by atoms with Gasteiger partial charge in [0, 0.05) is 31.1 Å². The quantitative estimate of drug-likeness (QED) is 0.911. The molecule has 0 atom stereocenters. The molecule has 4 nitrogen and oxygen atoms in total. The van der Waals surface area contributed by atoms with Crippen LogP contribution in [-0.2, 0) is 0 Å². The van der Waals surface area contributed by atoms with E-state index in [1.807, 2.05) is 16.3 Å². The maximum absolute atomic E-state index is 12.4. The Bertz CT molecular complexity index is 461. The van der Waals surface area contributed by atoms with E-state index >= 15 is 0 Å². The molecule has 1 aromatic heterocycles. The maximum atomic E-state index is 12.4. The van der Waals surface area contributed by atoms with E-state index in [0.717, 1.165) is 49.6 Å². The van der Waals surface area contributed by atoms with Gasteiger partial charge >= 0.3 is 0 Å². The lowest BCUT2D eigenvalue weighted by Gasteiger charge is -2.38. The molecule has 0 saturated carbocycles. The molecule has 2 saturated heterocycles. The summed E-state index contributed by atoms with van der Waals surface area (Å²) in [4.78, 5) is 15.2. The number of hydrogen-bond donors (Lipinski definition) is 1. The van der Waals surface area contributed by atoms with Crippen LogP contribution in [0, 0.1) is 5.41 Å². The highest BCUT2D eigenvalue weighted by atomic mass is 35.5. The second-order valence-electron chi connectivity index (χ2n) is 5.57. The molecule has 112 valence electrons. The average molecular weight is 317 g/mol. The van der Waals surface area contributed by atoms with Crippen LogP contribution in [0.2, 0.25) is 0 Å². The predicted octanol–water partition coefficient (Wildman–Crippen LogP) is 2.39. The van der Waals surface area contributed by atoms with Crippen LogP contribution in [0.25, 0.3) is 0 Å². The molecule has 3 heterocycles. The van der Waals surface area contributed by atoms with E-state index in [9.17, 15) is 4.79 Å². The third kappa shape index (κ3) is 2.95. The lowest BCUT2D eigenvalue weighted by molar-refractivity contribution is 0.0612. The van der Waals surface area contributed by atoms with Crippen LogP contribution in [0.4, 0.5) is 0 Å². The zero-order chi connectivity index (χ0) is 13.3. The summed E-state index contributed by atoms with van der Waals surface area (Å²) in [6, 6.07) is 1.84. The third-order valence-corrected chi connectivity index (χ3v) is 5.36. The third-order valence-electron chi connectivity index (χ3n) is 4.47. The Morgan fingerprint density at radius 3 is 2.70 bits per heavy atom. The van der Waals surface area contributed by atoms with Gasteiger partial charge in [0.25, 0.3) is 5.91 Å². The molecule has 2 aliphatic rings. The lowest BCUT2D eigenvalue weighted by atomic mass is 9.78. The van der Waals surface area contributed by atoms with Crippen molar-refractivity contribution < 1.29 is 9.53 Å². The summed E-state index contributed by atoms with van der Waals surface area (Å²) in [5, 5.41) is 5.34. The summed E-state index contributed by atoms with van der Waals surface area (Å²) in [7, 11) is 1.63. The number of nitrogens with one attached hydrogen (secondary N) is 1. The van der Waals surface area contributed by atoms with E-state index in [4.69, 9.17) is 4.74 Å². The first-order chi connectivity index (χ1) is 9.22. The van der Waals surface area contributed by atoms with Crippen LogP contribution < -0.4 is 10.1 Å². The first-order valence-electron chi connectivity index (χ1n) is 6.85. The van der Waals surface area contributed by atoms with Crippen molar-refractivity contribution in [3.05, 3.63) is 16.3 Å². The number of hydrogen-bond acceptors (Lipinski definition) is 4. The number of carbonyl (C=O) groups excluding carboxylic acids is 1. The highest BCUT2D eigenvalue weighted by molar-refractivity contribution is 7.12. The SMILES string of the molecule is COc1csc(C(=O)N2CCC3(CCNC3)CC2)c1.Cl. The molecule has 2 fully saturated rings. The number of ether oxygens (including phenoxy) is 1.